The number of rotatable bonds is 7. The third-order valence-corrected chi connectivity index (χ3v) is 4.85. The van der Waals surface area contributed by atoms with Gasteiger partial charge in [0.25, 0.3) is 5.91 Å². The molecule has 0 fully saturated rings. The number of esters is 1. The van der Waals surface area contributed by atoms with Gasteiger partial charge in [-0.3, -0.25) is 4.79 Å². The van der Waals surface area contributed by atoms with Crippen molar-refractivity contribution in [1.82, 2.24) is 5.43 Å². The predicted molar refractivity (Wildman–Crippen MR) is 123 cm³/mol. The minimum absolute atomic E-state index is 0.291. The molecule has 6 nitrogen and oxygen atoms in total. The number of nitrogens with zero attached hydrogens (tertiary/aromatic N) is 1. The highest BCUT2D eigenvalue weighted by Gasteiger charge is 2.11. The largest absolute Gasteiger partial charge is 0.482 e. The van der Waals surface area contributed by atoms with Crippen molar-refractivity contribution in [2.75, 3.05) is 6.61 Å². The second-order valence-electron chi connectivity index (χ2n) is 6.09. The summed E-state index contributed by atoms with van der Waals surface area (Å²) in [7, 11) is 0. The Morgan fingerprint density at radius 3 is 2.48 bits per heavy atom. The Kier molecular flexibility index (Phi) is 8.06. The minimum atomic E-state index is -0.505. The molecule has 9 heteroatoms. The number of nitrogens with one attached hydrogen (secondary N) is 1. The number of benzene rings is 3. The van der Waals surface area contributed by atoms with Crippen LogP contribution < -0.4 is 14.9 Å². The van der Waals surface area contributed by atoms with E-state index in [0.29, 0.717) is 32.7 Å². The first-order chi connectivity index (χ1) is 14.9. The van der Waals surface area contributed by atoms with Crippen LogP contribution in [0, 0.1) is 0 Å². The molecule has 0 unspecified atom stereocenters. The zero-order valence-electron chi connectivity index (χ0n) is 15.8. The Bertz CT molecular complexity index is 1120. The van der Waals surface area contributed by atoms with Gasteiger partial charge in [-0.2, -0.15) is 5.10 Å². The van der Waals surface area contributed by atoms with E-state index in [2.05, 4.69) is 26.5 Å². The maximum absolute atomic E-state index is 12.3. The molecule has 0 saturated carbocycles. The first-order valence-corrected chi connectivity index (χ1v) is 10.4. The van der Waals surface area contributed by atoms with Gasteiger partial charge in [0.05, 0.1) is 16.8 Å². The molecule has 0 spiro atoms. The average molecular weight is 522 g/mol. The fourth-order valence-corrected chi connectivity index (χ4v) is 3.23. The Morgan fingerprint density at radius 1 is 1.00 bits per heavy atom. The number of halogens is 3. The molecule has 0 atom stereocenters. The lowest BCUT2D eigenvalue weighted by Gasteiger charge is -2.08. The van der Waals surface area contributed by atoms with E-state index in [-0.39, 0.29) is 6.61 Å². The van der Waals surface area contributed by atoms with Gasteiger partial charge in [0, 0.05) is 15.1 Å². The zero-order valence-corrected chi connectivity index (χ0v) is 18.9. The van der Waals surface area contributed by atoms with Crippen LogP contribution in [0.5, 0.6) is 11.5 Å². The van der Waals surface area contributed by atoms with E-state index in [9.17, 15) is 9.59 Å². The number of carbonyl (C=O) groups is 2. The number of hydrogen-bond donors (Lipinski definition) is 1. The van der Waals surface area contributed by atoms with E-state index in [1.807, 2.05) is 6.07 Å². The monoisotopic (exact) mass is 520 g/mol. The fourth-order valence-electron chi connectivity index (χ4n) is 2.39. The second kappa shape index (κ2) is 10.9. The van der Waals surface area contributed by atoms with Gasteiger partial charge in [-0.05, 0) is 48.5 Å². The van der Waals surface area contributed by atoms with Crippen LogP contribution in [0.15, 0.2) is 76.3 Å². The summed E-state index contributed by atoms with van der Waals surface area (Å²) in [6, 6.07) is 18.3. The first-order valence-electron chi connectivity index (χ1n) is 8.89. The lowest BCUT2D eigenvalue weighted by atomic mass is 10.2. The summed E-state index contributed by atoms with van der Waals surface area (Å²) in [4.78, 5) is 24.3. The summed E-state index contributed by atoms with van der Waals surface area (Å²) in [5, 5.41) is 4.66. The summed E-state index contributed by atoms with van der Waals surface area (Å²) in [6.07, 6.45) is 1.37. The van der Waals surface area contributed by atoms with Gasteiger partial charge in [-0.25, -0.2) is 10.2 Å². The Balaban J connectivity index is 1.61. The topological polar surface area (TPSA) is 77.0 Å². The van der Waals surface area contributed by atoms with Crippen molar-refractivity contribution in [3.8, 4) is 11.5 Å². The van der Waals surface area contributed by atoms with E-state index in [1.165, 1.54) is 12.3 Å². The molecule has 31 heavy (non-hydrogen) atoms. The maximum atomic E-state index is 12.3. The van der Waals surface area contributed by atoms with Crippen LogP contribution in [0.2, 0.25) is 10.0 Å². The van der Waals surface area contributed by atoms with Gasteiger partial charge >= 0.3 is 5.97 Å². The van der Waals surface area contributed by atoms with Crippen molar-refractivity contribution in [2.24, 2.45) is 5.10 Å². The highest BCUT2D eigenvalue weighted by molar-refractivity contribution is 9.10. The van der Waals surface area contributed by atoms with E-state index in [0.717, 1.165) is 4.47 Å². The van der Waals surface area contributed by atoms with E-state index >= 15 is 0 Å². The second-order valence-corrected chi connectivity index (χ2v) is 7.85. The van der Waals surface area contributed by atoms with Gasteiger partial charge in [0.15, 0.2) is 6.61 Å². The molecule has 0 aliphatic heterocycles. The highest BCUT2D eigenvalue weighted by Crippen LogP contribution is 2.27. The normalized spacial score (nSPS) is 10.7. The predicted octanol–water partition coefficient (Wildman–Crippen LogP) is 5.50. The van der Waals surface area contributed by atoms with Crippen molar-refractivity contribution in [1.29, 1.82) is 0 Å². The van der Waals surface area contributed by atoms with Crippen molar-refractivity contribution in [2.45, 2.75) is 0 Å². The molecular weight excluding hydrogens is 507 g/mol. The van der Waals surface area contributed by atoms with E-state index < -0.39 is 11.9 Å². The Labute approximate surface area is 196 Å². The quantitative estimate of drug-likeness (QED) is 0.192. The van der Waals surface area contributed by atoms with Gasteiger partial charge in [0.2, 0.25) is 0 Å². The van der Waals surface area contributed by atoms with E-state index in [4.69, 9.17) is 32.7 Å². The third-order valence-electron chi connectivity index (χ3n) is 3.83. The molecule has 3 aromatic rings. The third kappa shape index (κ3) is 6.82. The Hall–Kier alpha value is -2.87. The molecule has 0 aliphatic carbocycles. The van der Waals surface area contributed by atoms with Crippen LogP contribution in [-0.4, -0.2) is 24.7 Å². The average Bonchev–Trinajstić information content (AvgIpc) is 2.75. The molecule has 0 aromatic heterocycles. The van der Waals surface area contributed by atoms with Crippen LogP contribution in [0.3, 0.4) is 0 Å². The number of hydrogen-bond acceptors (Lipinski definition) is 5. The highest BCUT2D eigenvalue weighted by atomic mass is 79.9. The summed E-state index contributed by atoms with van der Waals surface area (Å²) in [6.45, 7) is -0.299. The summed E-state index contributed by atoms with van der Waals surface area (Å²) < 4.78 is 11.6. The summed E-state index contributed by atoms with van der Waals surface area (Å²) in [5.74, 6) is -0.388. The van der Waals surface area contributed by atoms with Gasteiger partial charge in [-0.15, -0.1) is 0 Å². The Morgan fingerprint density at radius 2 is 1.74 bits per heavy atom. The summed E-state index contributed by atoms with van der Waals surface area (Å²) in [5.41, 5.74) is 3.25. The van der Waals surface area contributed by atoms with Crippen molar-refractivity contribution < 1.29 is 19.1 Å². The number of amides is 1. The lowest BCUT2D eigenvalue weighted by molar-refractivity contribution is -0.123. The van der Waals surface area contributed by atoms with Crippen LogP contribution in [-0.2, 0) is 4.79 Å². The van der Waals surface area contributed by atoms with Crippen LogP contribution in [0.4, 0.5) is 0 Å². The zero-order chi connectivity index (χ0) is 22.2. The molecule has 0 heterocycles. The lowest BCUT2D eigenvalue weighted by Crippen LogP contribution is -2.24. The molecule has 0 bridgehead atoms. The summed E-state index contributed by atoms with van der Waals surface area (Å²) >= 11 is 15.2. The van der Waals surface area contributed by atoms with Crippen molar-refractivity contribution >= 4 is 57.2 Å². The number of ether oxygens (including phenoxy) is 2. The van der Waals surface area contributed by atoms with Gasteiger partial charge in [-0.1, -0.05) is 57.3 Å². The van der Waals surface area contributed by atoms with Gasteiger partial charge < -0.3 is 9.47 Å². The van der Waals surface area contributed by atoms with Crippen LogP contribution in [0.1, 0.15) is 15.9 Å². The van der Waals surface area contributed by atoms with Gasteiger partial charge in [0.1, 0.15) is 11.5 Å². The number of hydrazone groups is 1. The van der Waals surface area contributed by atoms with Crippen molar-refractivity contribution in [3.05, 3.63) is 92.4 Å². The standard InChI is InChI=1S/C22H15BrCl2N2O4/c23-16-6-8-19(31-22(29)14-4-2-1-3-5-14)15(10-16)12-26-27-21(28)13-30-20-9-7-17(24)11-18(20)25/h1-12H,13H2,(H,27,28)/b26-12+. The SMILES string of the molecule is O=C(COc1ccc(Cl)cc1Cl)N/N=C/c1cc(Br)ccc1OC(=O)c1ccccc1. The molecule has 0 aliphatic rings. The molecule has 1 N–H and O–H groups in total. The maximum Gasteiger partial charge on any atom is 0.343 e. The molecule has 0 saturated heterocycles. The van der Waals surface area contributed by atoms with Crippen molar-refractivity contribution in [3.63, 3.8) is 0 Å². The first kappa shape index (κ1) is 22.8. The molecule has 158 valence electrons. The molecule has 3 rings (SSSR count). The van der Waals surface area contributed by atoms with E-state index in [1.54, 1.807) is 54.6 Å². The molecular formula is C22H15BrCl2N2O4. The molecule has 3 aromatic carbocycles. The minimum Gasteiger partial charge on any atom is -0.482 e. The fraction of sp³-hybridized carbons (Fsp3) is 0.0455. The molecule has 1 amide bonds. The number of carbonyl (C=O) groups excluding carboxylic acids is 2. The smallest absolute Gasteiger partial charge is 0.343 e. The van der Waals surface area contributed by atoms with Crippen LogP contribution in [0.25, 0.3) is 0 Å². The van der Waals surface area contributed by atoms with Crippen LogP contribution >= 0.6 is 39.1 Å². The molecule has 0 radical (unpaired) electrons.